The van der Waals surface area contributed by atoms with Crippen LogP contribution in [0.2, 0.25) is 20.1 Å². The molecular formula is C18H14Cl4N2O2S2. The van der Waals surface area contributed by atoms with E-state index in [1.54, 1.807) is 24.3 Å². The Balaban J connectivity index is 1.64. The zero-order valence-corrected chi connectivity index (χ0v) is 18.9. The van der Waals surface area contributed by atoms with Crippen LogP contribution in [0.5, 0.6) is 0 Å². The third-order valence-corrected chi connectivity index (χ3v) is 8.50. The predicted octanol–water partition coefficient (Wildman–Crippen LogP) is 5.58. The minimum absolute atomic E-state index is 0.0549. The Kier molecular flexibility index (Phi) is 5.82. The quantitative estimate of drug-likeness (QED) is 0.558. The Hall–Kier alpha value is -0.630. The fourth-order valence-corrected chi connectivity index (χ4v) is 7.14. The second-order valence-corrected chi connectivity index (χ2v) is 11.4. The molecule has 0 saturated carbocycles. The van der Waals surface area contributed by atoms with Gasteiger partial charge in [-0.25, -0.2) is 8.42 Å². The first-order valence-electron chi connectivity index (χ1n) is 8.32. The molecule has 4 rings (SSSR count). The van der Waals surface area contributed by atoms with Crippen molar-refractivity contribution in [3.63, 3.8) is 0 Å². The molecule has 0 bridgehead atoms. The summed E-state index contributed by atoms with van der Waals surface area (Å²) in [6.45, 7) is 0. The lowest BCUT2D eigenvalue weighted by Crippen LogP contribution is -2.39. The molecule has 0 aromatic heterocycles. The maximum Gasteiger partial charge on any atom is 0.164 e. The summed E-state index contributed by atoms with van der Waals surface area (Å²) in [5.41, 5.74) is 1.73. The molecule has 1 fully saturated rings. The van der Waals surface area contributed by atoms with Crippen molar-refractivity contribution in [2.75, 3.05) is 16.4 Å². The maximum absolute atomic E-state index is 12.1. The van der Waals surface area contributed by atoms with E-state index in [0.717, 1.165) is 16.4 Å². The second-order valence-electron chi connectivity index (χ2n) is 6.66. The topological polar surface area (TPSA) is 49.7 Å². The van der Waals surface area contributed by atoms with Gasteiger partial charge < -0.3 is 4.90 Å². The van der Waals surface area contributed by atoms with E-state index >= 15 is 0 Å². The number of rotatable bonds is 3. The van der Waals surface area contributed by atoms with Gasteiger partial charge in [-0.05, 0) is 35.9 Å². The summed E-state index contributed by atoms with van der Waals surface area (Å²) in [6.07, 6.45) is 0. The van der Waals surface area contributed by atoms with Crippen molar-refractivity contribution in [2.45, 2.75) is 17.8 Å². The van der Waals surface area contributed by atoms with Crippen LogP contribution in [0.3, 0.4) is 0 Å². The van der Waals surface area contributed by atoms with Gasteiger partial charge in [0.2, 0.25) is 0 Å². The normalized spacial score (nSPS) is 23.0. The van der Waals surface area contributed by atoms with E-state index in [0.29, 0.717) is 25.8 Å². The number of anilines is 1. The molecule has 1 saturated heterocycles. The highest BCUT2D eigenvalue weighted by Gasteiger charge is 2.47. The van der Waals surface area contributed by atoms with Crippen LogP contribution in [-0.2, 0) is 15.6 Å². The number of amidine groups is 1. The molecule has 0 spiro atoms. The van der Waals surface area contributed by atoms with Crippen LogP contribution in [0.15, 0.2) is 41.4 Å². The summed E-state index contributed by atoms with van der Waals surface area (Å²) in [5, 5.41) is 2.72. The number of fused-ring (bicyclic) bond motifs is 1. The summed E-state index contributed by atoms with van der Waals surface area (Å²) in [7, 11) is -3.12. The van der Waals surface area contributed by atoms with Crippen LogP contribution < -0.4 is 4.90 Å². The van der Waals surface area contributed by atoms with Crippen molar-refractivity contribution >= 4 is 78.9 Å². The van der Waals surface area contributed by atoms with Crippen molar-refractivity contribution in [3.8, 4) is 0 Å². The first-order valence-corrected chi connectivity index (χ1v) is 12.6. The first-order chi connectivity index (χ1) is 13.2. The Labute approximate surface area is 187 Å². The van der Waals surface area contributed by atoms with Crippen molar-refractivity contribution in [2.24, 2.45) is 4.99 Å². The van der Waals surface area contributed by atoms with Gasteiger partial charge in [-0.2, -0.15) is 0 Å². The zero-order valence-electron chi connectivity index (χ0n) is 14.3. The Bertz CT molecular complexity index is 1060. The number of hydrogen-bond acceptors (Lipinski definition) is 5. The minimum atomic E-state index is -3.12. The van der Waals surface area contributed by atoms with E-state index in [2.05, 4.69) is 0 Å². The van der Waals surface area contributed by atoms with E-state index in [1.165, 1.54) is 11.8 Å². The van der Waals surface area contributed by atoms with Crippen LogP contribution in [0.1, 0.15) is 5.56 Å². The third-order valence-electron chi connectivity index (χ3n) is 4.58. The lowest BCUT2D eigenvalue weighted by atomic mass is 10.1. The molecule has 148 valence electrons. The molecule has 0 amide bonds. The molecule has 0 N–H and O–H groups in total. The number of hydrogen-bond donors (Lipinski definition) is 0. The molecule has 4 nitrogen and oxygen atoms in total. The summed E-state index contributed by atoms with van der Waals surface area (Å²) < 4.78 is 24.3. The Morgan fingerprint density at radius 3 is 2.39 bits per heavy atom. The molecular weight excluding hydrogens is 482 g/mol. The van der Waals surface area contributed by atoms with Crippen molar-refractivity contribution in [3.05, 3.63) is 62.1 Å². The largest absolute Gasteiger partial charge is 0.315 e. The van der Waals surface area contributed by atoms with E-state index in [4.69, 9.17) is 51.4 Å². The van der Waals surface area contributed by atoms with Gasteiger partial charge in [-0.1, -0.05) is 64.2 Å². The van der Waals surface area contributed by atoms with Gasteiger partial charge in [0.1, 0.15) is 0 Å². The number of halogens is 4. The average molecular weight is 496 g/mol. The molecule has 10 heteroatoms. The van der Waals surface area contributed by atoms with Gasteiger partial charge in [0.25, 0.3) is 0 Å². The number of aliphatic imine (C=N–C) groups is 1. The van der Waals surface area contributed by atoms with Crippen LogP contribution in [-0.4, -0.2) is 37.2 Å². The SMILES string of the molecule is O=S1(=O)CC2N=C(SCc3ccc(Cl)c(Cl)c3)N(c3cc(Cl)cc(Cl)c3)C2C1. The predicted molar refractivity (Wildman–Crippen MR) is 120 cm³/mol. The Morgan fingerprint density at radius 1 is 1.00 bits per heavy atom. The van der Waals surface area contributed by atoms with Crippen LogP contribution in [0, 0.1) is 0 Å². The molecule has 2 aliphatic rings. The standard InChI is InChI=1S/C18H14Cl4N2O2S2/c19-11-4-12(20)6-13(5-11)24-17-9-28(25,26)8-16(17)23-18(24)27-7-10-1-2-14(21)15(22)3-10/h1-6,16-17H,7-9H2. The number of sulfone groups is 1. The number of nitrogens with zero attached hydrogens (tertiary/aromatic N) is 2. The van der Waals surface area contributed by atoms with E-state index < -0.39 is 9.84 Å². The monoisotopic (exact) mass is 494 g/mol. The molecule has 2 atom stereocenters. The minimum Gasteiger partial charge on any atom is -0.315 e. The third kappa shape index (κ3) is 4.27. The van der Waals surface area contributed by atoms with Crippen LogP contribution in [0.25, 0.3) is 0 Å². The van der Waals surface area contributed by atoms with E-state index in [-0.39, 0.29) is 23.6 Å². The van der Waals surface area contributed by atoms with E-state index in [1.807, 2.05) is 17.0 Å². The lowest BCUT2D eigenvalue weighted by Gasteiger charge is -2.27. The molecule has 2 unspecified atom stereocenters. The molecule has 0 aliphatic carbocycles. The fourth-order valence-electron chi connectivity index (χ4n) is 3.39. The Morgan fingerprint density at radius 2 is 1.71 bits per heavy atom. The molecule has 2 aromatic carbocycles. The molecule has 2 aromatic rings. The fraction of sp³-hybridized carbons (Fsp3) is 0.278. The van der Waals surface area contributed by atoms with Gasteiger partial charge in [0.15, 0.2) is 15.0 Å². The van der Waals surface area contributed by atoms with E-state index in [9.17, 15) is 8.42 Å². The van der Waals surface area contributed by atoms with Crippen molar-refractivity contribution in [1.82, 2.24) is 0 Å². The molecule has 28 heavy (non-hydrogen) atoms. The smallest absolute Gasteiger partial charge is 0.164 e. The van der Waals surface area contributed by atoms with Crippen molar-refractivity contribution in [1.29, 1.82) is 0 Å². The highest BCUT2D eigenvalue weighted by atomic mass is 35.5. The average Bonchev–Trinajstić information content (AvgIpc) is 3.06. The summed E-state index contributed by atoms with van der Waals surface area (Å²) in [6, 6.07) is 10.1. The summed E-state index contributed by atoms with van der Waals surface area (Å²) in [5.74, 6) is 0.730. The highest BCUT2D eigenvalue weighted by Crippen LogP contribution is 2.38. The van der Waals surface area contributed by atoms with Gasteiger partial charge in [0.05, 0.1) is 33.6 Å². The highest BCUT2D eigenvalue weighted by molar-refractivity contribution is 8.13. The van der Waals surface area contributed by atoms with Crippen LogP contribution in [0.4, 0.5) is 5.69 Å². The number of benzene rings is 2. The van der Waals surface area contributed by atoms with Crippen molar-refractivity contribution < 1.29 is 8.42 Å². The summed E-state index contributed by atoms with van der Waals surface area (Å²) >= 11 is 26.0. The molecule has 2 heterocycles. The zero-order chi connectivity index (χ0) is 20.1. The molecule has 0 radical (unpaired) electrons. The van der Waals surface area contributed by atoms with Crippen LogP contribution >= 0.6 is 58.2 Å². The first kappa shape index (κ1) is 20.6. The lowest BCUT2D eigenvalue weighted by molar-refractivity contribution is 0.601. The maximum atomic E-state index is 12.1. The van der Waals surface area contributed by atoms with Gasteiger partial charge >= 0.3 is 0 Å². The molecule has 2 aliphatic heterocycles. The van der Waals surface area contributed by atoms with Gasteiger partial charge in [0, 0.05) is 21.5 Å². The van der Waals surface area contributed by atoms with Gasteiger partial charge in [-0.3, -0.25) is 4.99 Å². The van der Waals surface area contributed by atoms with Gasteiger partial charge in [-0.15, -0.1) is 0 Å². The summed E-state index contributed by atoms with van der Waals surface area (Å²) in [4.78, 5) is 6.64. The second kappa shape index (κ2) is 7.89. The number of thioether (sulfide) groups is 1.